The molecule has 1 N–H and O–H groups in total. The Morgan fingerprint density at radius 2 is 1.75 bits per heavy atom. The fourth-order valence-corrected chi connectivity index (χ4v) is 4.76. The van der Waals surface area contributed by atoms with Gasteiger partial charge in [-0.05, 0) is 17.7 Å². The zero-order chi connectivity index (χ0) is 14.8. The molecule has 1 fully saturated rings. The van der Waals surface area contributed by atoms with Crippen molar-refractivity contribution in [3.8, 4) is 0 Å². The van der Waals surface area contributed by atoms with Crippen LogP contribution >= 0.6 is 0 Å². The normalized spacial score (nSPS) is 18.0. The predicted octanol–water partition coefficient (Wildman–Crippen LogP) is 0.279. The molecule has 1 saturated heterocycles. The van der Waals surface area contributed by atoms with Gasteiger partial charge in [0.25, 0.3) is 0 Å². The molecule has 0 bridgehead atoms. The van der Waals surface area contributed by atoms with Gasteiger partial charge in [-0.25, -0.2) is 13.2 Å². The largest absolute Gasteiger partial charge is 0.478 e. The zero-order valence-corrected chi connectivity index (χ0v) is 12.3. The molecule has 0 amide bonds. The molecule has 0 atom stereocenters. The highest BCUT2D eigenvalue weighted by Gasteiger charge is 2.26. The van der Waals surface area contributed by atoms with Crippen LogP contribution in [0, 0.1) is 0 Å². The van der Waals surface area contributed by atoms with Crippen LogP contribution < -0.4 is 0 Å². The van der Waals surface area contributed by atoms with Gasteiger partial charge < -0.3 is 5.11 Å². The Labute approximate surface area is 119 Å². The Morgan fingerprint density at radius 3 is 2.25 bits per heavy atom. The molecule has 20 heavy (non-hydrogen) atoms. The van der Waals surface area contributed by atoms with Crippen LogP contribution in [0.3, 0.4) is 0 Å². The van der Waals surface area contributed by atoms with E-state index in [1.807, 2.05) is 0 Å². The van der Waals surface area contributed by atoms with E-state index in [0.29, 0.717) is 17.1 Å². The number of benzene rings is 1. The molecule has 1 heterocycles. The molecule has 0 aromatic heterocycles. The van der Waals surface area contributed by atoms with Gasteiger partial charge in [0.15, 0.2) is 0 Å². The summed E-state index contributed by atoms with van der Waals surface area (Å²) in [6.45, 7) is 0.560. The van der Waals surface area contributed by atoms with Crippen molar-refractivity contribution in [2.24, 2.45) is 0 Å². The van der Waals surface area contributed by atoms with E-state index in [4.69, 9.17) is 5.11 Å². The Balaban J connectivity index is 2.08. The van der Waals surface area contributed by atoms with Gasteiger partial charge >= 0.3 is 5.97 Å². The van der Waals surface area contributed by atoms with Crippen molar-refractivity contribution in [3.63, 3.8) is 0 Å². The first-order valence-corrected chi connectivity index (χ1v) is 9.13. The van der Waals surface area contributed by atoms with Crippen molar-refractivity contribution in [1.82, 2.24) is 4.31 Å². The number of aromatic carboxylic acids is 1. The second-order valence-corrected chi connectivity index (χ2v) is 8.17. The van der Waals surface area contributed by atoms with E-state index in [1.165, 1.54) is 28.6 Å². The van der Waals surface area contributed by atoms with E-state index in [1.54, 1.807) is 0 Å². The minimum absolute atomic E-state index is 0.125. The molecule has 0 spiro atoms. The van der Waals surface area contributed by atoms with Crippen LogP contribution in [0.4, 0.5) is 0 Å². The van der Waals surface area contributed by atoms with Crippen molar-refractivity contribution >= 4 is 26.8 Å². The maximum absolute atomic E-state index is 12.2. The van der Waals surface area contributed by atoms with Gasteiger partial charge in [0.05, 0.1) is 11.3 Å². The van der Waals surface area contributed by atoms with Crippen LogP contribution in [0.5, 0.6) is 0 Å². The minimum atomic E-state index is -3.44. The molecule has 0 unspecified atom stereocenters. The highest BCUT2D eigenvalue weighted by Crippen LogP contribution is 2.14. The summed E-state index contributed by atoms with van der Waals surface area (Å²) in [5, 5.41) is 8.78. The molecule has 0 aliphatic carbocycles. The average molecular weight is 317 g/mol. The van der Waals surface area contributed by atoms with E-state index in [9.17, 15) is 17.4 Å². The molecule has 110 valence electrons. The van der Waals surface area contributed by atoms with Crippen molar-refractivity contribution in [2.45, 2.75) is 5.75 Å². The first-order chi connectivity index (χ1) is 9.38. The highest BCUT2D eigenvalue weighted by atomic mass is 32.2. The number of carboxylic acids is 1. The Morgan fingerprint density at radius 1 is 1.20 bits per heavy atom. The van der Waals surface area contributed by atoms with Crippen LogP contribution in [0.15, 0.2) is 24.3 Å². The Hall–Kier alpha value is -1.25. The van der Waals surface area contributed by atoms with E-state index in [-0.39, 0.29) is 24.4 Å². The number of nitrogens with zero attached hydrogens (tertiary/aromatic N) is 1. The quantitative estimate of drug-likeness (QED) is 0.861. The standard InChI is InChI=1S/C12H15NO5S2/c14-12(15)11-3-1-10(2-4-11)9-20(17,18)13-5-7-19(16)8-6-13/h1-4H,5-9H2,(H,14,15). The summed E-state index contributed by atoms with van der Waals surface area (Å²) in [7, 11) is -4.36. The fourth-order valence-electron chi connectivity index (χ4n) is 1.94. The Kier molecular flexibility index (Phi) is 4.56. The van der Waals surface area contributed by atoms with Crippen LogP contribution in [0.25, 0.3) is 0 Å². The molecule has 1 aliphatic heterocycles. The molecule has 0 saturated carbocycles. The summed E-state index contributed by atoms with van der Waals surface area (Å²) in [6.07, 6.45) is 0. The third-order valence-electron chi connectivity index (χ3n) is 3.08. The summed E-state index contributed by atoms with van der Waals surface area (Å²) in [6, 6.07) is 5.78. The summed E-state index contributed by atoms with van der Waals surface area (Å²) < 4.78 is 37.0. The number of sulfonamides is 1. The van der Waals surface area contributed by atoms with Gasteiger partial charge in [0.1, 0.15) is 0 Å². The summed E-state index contributed by atoms with van der Waals surface area (Å²) in [5.41, 5.74) is 0.668. The lowest BCUT2D eigenvalue weighted by Crippen LogP contribution is -2.42. The molecular weight excluding hydrogens is 302 g/mol. The van der Waals surface area contributed by atoms with E-state index in [2.05, 4.69) is 0 Å². The van der Waals surface area contributed by atoms with Gasteiger partial charge in [-0.3, -0.25) is 4.21 Å². The van der Waals surface area contributed by atoms with E-state index >= 15 is 0 Å². The van der Waals surface area contributed by atoms with E-state index < -0.39 is 26.8 Å². The zero-order valence-electron chi connectivity index (χ0n) is 10.7. The molecule has 2 rings (SSSR count). The average Bonchev–Trinajstić information content (AvgIpc) is 2.39. The van der Waals surface area contributed by atoms with Gasteiger partial charge in [0.2, 0.25) is 10.0 Å². The van der Waals surface area contributed by atoms with Gasteiger partial charge in [-0.15, -0.1) is 0 Å². The SMILES string of the molecule is O=C(O)c1ccc(CS(=O)(=O)N2CCS(=O)CC2)cc1. The predicted molar refractivity (Wildman–Crippen MR) is 75.5 cm³/mol. The van der Waals surface area contributed by atoms with Crippen LogP contribution in [0.1, 0.15) is 15.9 Å². The first kappa shape index (κ1) is 15.1. The number of rotatable bonds is 4. The number of carboxylic acid groups (broad SMARTS) is 1. The van der Waals surface area contributed by atoms with Crippen molar-refractivity contribution in [2.75, 3.05) is 24.6 Å². The first-order valence-electron chi connectivity index (χ1n) is 6.03. The lowest BCUT2D eigenvalue weighted by Gasteiger charge is -2.25. The summed E-state index contributed by atoms with van der Waals surface area (Å²) in [5.74, 6) is -0.466. The van der Waals surface area contributed by atoms with Gasteiger partial charge in [0, 0.05) is 35.4 Å². The molecule has 6 nitrogen and oxygen atoms in total. The topological polar surface area (TPSA) is 91.8 Å². The highest BCUT2D eigenvalue weighted by molar-refractivity contribution is 7.88. The monoisotopic (exact) mass is 317 g/mol. The second kappa shape index (κ2) is 6.02. The molecule has 1 aromatic carbocycles. The third-order valence-corrected chi connectivity index (χ3v) is 6.21. The maximum atomic E-state index is 12.2. The summed E-state index contributed by atoms with van der Waals surface area (Å²) in [4.78, 5) is 10.7. The molecule has 1 aromatic rings. The van der Waals surface area contributed by atoms with Crippen molar-refractivity contribution in [3.05, 3.63) is 35.4 Å². The maximum Gasteiger partial charge on any atom is 0.335 e. The fraction of sp³-hybridized carbons (Fsp3) is 0.417. The second-order valence-electron chi connectivity index (χ2n) is 4.51. The van der Waals surface area contributed by atoms with Crippen LogP contribution in [-0.2, 0) is 26.6 Å². The van der Waals surface area contributed by atoms with Crippen LogP contribution in [0.2, 0.25) is 0 Å². The lowest BCUT2D eigenvalue weighted by atomic mass is 10.1. The lowest BCUT2D eigenvalue weighted by molar-refractivity contribution is 0.0697. The number of hydrogen-bond acceptors (Lipinski definition) is 4. The smallest absolute Gasteiger partial charge is 0.335 e. The van der Waals surface area contributed by atoms with Gasteiger partial charge in [-0.1, -0.05) is 12.1 Å². The van der Waals surface area contributed by atoms with Gasteiger partial charge in [-0.2, -0.15) is 4.31 Å². The number of hydrogen-bond donors (Lipinski definition) is 1. The number of carbonyl (C=O) groups is 1. The molecule has 8 heteroatoms. The Bertz CT molecular complexity index is 614. The van der Waals surface area contributed by atoms with E-state index in [0.717, 1.165) is 0 Å². The minimum Gasteiger partial charge on any atom is -0.478 e. The molecule has 1 aliphatic rings. The van der Waals surface area contributed by atoms with Crippen LogP contribution in [-0.4, -0.2) is 52.6 Å². The third kappa shape index (κ3) is 3.65. The van der Waals surface area contributed by atoms with Crippen molar-refractivity contribution < 1.29 is 22.5 Å². The molecule has 0 radical (unpaired) electrons. The summed E-state index contributed by atoms with van der Waals surface area (Å²) >= 11 is 0. The molecular formula is C12H15NO5S2. The van der Waals surface area contributed by atoms with Crippen molar-refractivity contribution in [1.29, 1.82) is 0 Å².